The number of hydrogen-bond donors (Lipinski definition) is 1. The Morgan fingerprint density at radius 2 is 1.94 bits per heavy atom. The Labute approximate surface area is 177 Å². The van der Waals surface area contributed by atoms with Crippen molar-refractivity contribution in [3.05, 3.63) is 47.3 Å². The smallest absolute Gasteiger partial charge is 0.322 e. The topological polar surface area (TPSA) is 82.6 Å². The number of carbonyl (C=O) groups is 1. The quantitative estimate of drug-likeness (QED) is 0.616. The van der Waals surface area contributed by atoms with Gasteiger partial charge in [-0.15, -0.1) is 0 Å². The lowest BCUT2D eigenvalue weighted by Crippen LogP contribution is -2.27. The van der Waals surface area contributed by atoms with E-state index in [1.807, 2.05) is 17.8 Å². The fourth-order valence-electron chi connectivity index (χ4n) is 4.01. The molecule has 0 aliphatic heterocycles. The van der Waals surface area contributed by atoms with Gasteiger partial charge in [0.25, 0.3) is 0 Å². The number of aryl methyl sites for hydroxylation is 1. The van der Waals surface area contributed by atoms with Crippen LogP contribution in [0.1, 0.15) is 55.2 Å². The summed E-state index contributed by atoms with van der Waals surface area (Å²) in [4.78, 5) is 12.9. The van der Waals surface area contributed by atoms with E-state index in [0.29, 0.717) is 43.6 Å². The molecule has 1 aliphatic rings. The number of amides is 1. The third kappa shape index (κ3) is 4.21. The molecule has 11 heteroatoms. The average Bonchev–Trinajstić information content (AvgIpc) is 3.47. The molecule has 1 aliphatic carbocycles. The molecular formula is C20H24F3N7O. The molecule has 1 atom stereocenters. The molecule has 0 saturated carbocycles. The molecule has 4 rings (SSSR count). The first-order valence-corrected chi connectivity index (χ1v) is 10.3. The number of carbonyl (C=O) groups excluding carboxylic acids is 1. The van der Waals surface area contributed by atoms with E-state index in [-0.39, 0.29) is 5.56 Å². The summed E-state index contributed by atoms with van der Waals surface area (Å²) >= 11 is 0. The van der Waals surface area contributed by atoms with Gasteiger partial charge in [-0.25, -0.2) is 0 Å². The van der Waals surface area contributed by atoms with Crippen molar-refractivity contribution in [2.75, 3.05) is 5.32 Å². The predicted octanol–water partition coefficient (Wildman–Crippen LogP) is 3.44. The Balaban J connectivity index is 1.50. The van der Waals surface area contributed by atoms with E-state index in [1.54, 1.807) is 24.0 Å². The van der Waals surface area contributed by atoms with Crippen LogP contribution in [0.5, 0.6) is 0 Å². The summed E-state index contributed by atoms with van der Waals surface area (Å²) in [5.74, 6) is -0.410. The highest BCUT2D eigenvalue weighted by atomic mass is 19.4. The van der Waals surface area contributed by atoms with Gasteiger partial charge in [-0.1, -0.05) is 6.92 Å². The standard InChI is InChI=1S/C20H24F3N7O/c1-3-16(30-17-7-5-6-15(17)18(27-30)20(21,22)23)19(31)26-14-9-25-29(12-14)11-13-8-24-28(4-2)10-13/h8-10,12,16H,3-7,11H2,1-2H3,(H,26,31). The minimum absolute atomic E-state index is 0.221. The van der Waals surface area contributed by atoms with Crippen LogP contribution in [0.4, 0.5) is 18.9 Å². The van der Waals surface area contributed by atoms with Crippen LogP contribution in [-0.4, -0.2) is 35.2 Å². The molecule has 8 nitrogen and oxygen atoms in total. The SMILES string of the molecule is CCC(C(=O)Nc1cnn(Cc2cnn(CC)c2)c1)n1nc(C(F)(F)F)c2c1CCC2. The van der Waals surface area contributed by atoms with E-state index in [4.69, 9.17) is 0 Å². The van der Waals surface area contributed by atoms with Crippen LogP contribution in [0, 0.1) is 0 Å². The Bertz CT molecular complexity index is 1080. The molecule has 1 amide bonds. The van der Waals surface area contributed by atoms with E-state index >= 15 is 0 Å². The van der Waals surface area contributed by atoms with Crippen molar-refractivity contribution in [2.24, 2.45) is 0 Å². The van der Waals surface area contributed by atoms with Crippen LogP contribution in [0.15, 0.2) is 24.8 Å². The van der Waals surface area contributed by atoms with Crippen LogP contribution in [0.3, 0.4) is 0 Å². The Hall–Kier alpha value is -3.11. The lowest BCUT2D eigenvalue weighted by Gasteiger charge is -2.17. The van der Waals surface area contributed by atoms with Crippen molar-refractivity contribution >= 4 is 11.6 Å². The maximum Gasteiger partial charge on any atom is 0.435 e. The van der Waals surface area contributed by atoms with Gasteiger partial charge in [-0.2, -0.15) is 28.5 Å². The summed E-state index contributed by atoms with van der Waals surface area (Å²) in [6, 6.07) is -0.825. The van der Waals surface area contributed by atoms with E-state index in [9.17, 15) is 18.0 Å². The number of fused-ring (bicyclic) bond motifs is 1. The van der Waals surface area contributed by atoms with Crippen molar-refractivity contribution < 1.29 is 18.0 Å². The zero-order valence-corrected chi connectivity index (χ0v) is 17.4. The van der Waals surface area contributed by atoms with E-state index in [1.165, 1.54) is 10.9 Å². The first kappa shape index (κ1) is 21.1. The van der Waals surface area contributed by atoms with Crippen molar-refractivity contribution in [3.8, 4) is 0 Å². The highest BCUT2D eigenvalue weighted by Gasteiger charge is 2.41. The lowest BCUT2D eigenvalue weighted by molar-refractivity contribution is -0.142. The van der Waals surface area contributed by atoms with Gasteiger partial charge in [0, 0.05) is 35.8 Å². The van der Waals surface area contributed by atoms with Gasteiger partial charge in [0.1, 0.15) is 6.04 Å². The number of halogens is 3. The average molecular weight is 435 g/mol. The molecule has 0 radical (unpaired) electrons. The van der Waals surface area contributed by atoms with Crippen LogP contribution in [0.25, 0.3) is 0 Å². The Morgan fingerprint density at radius 3 is 2.61 bits per heavy atom. The van der Waals surface area contributed by atoms with Gasteiger partial charge in [-0.05, 0) is 32.6 Å². The van der Waals surface area contributed by atoms with Gasteiger partial charge in [-0.3, -0.25) is 18.8 Å². The maximum atomic E-state index is 13.4. The van der Waals surface area contributed by atoms with Crippen LogP contribution in [-0.2, 0) is 36.9 Å². The first-order chi connectivity index (χ1) is 14.8. The monoisotopic (exact) mass is 435 g/mol. The number of alkyl halides is 3. The van der Waals surface area contributed by atoms with Gasteiger partial charge in [0.2, 0.25) is 5.91 Å². The number of nitrogens with one attached hydrogen (secondary N) is 1. The highest BCUT2D eigenvalue weighted by Crippen LogP contribution is 2.38. The fourth-order valence-corrected chi connectivity index (χ4v) is 4.01. The summed E-state index contributed by atoms with van der Waals surface area (Å²) in [6.07, 6.45) is 4.14. The molecular weight excluding hydrogens is 411 g/mol. The lowest BCUT2D eigenvalue weighted by atomic mass is 10.1. The van der Waals surface area contributed by atoms with Crippen LogP contribution >= 0.6 is 0 Å². The molecule has 0 spiro atoms. The Morgan fingerprint density at radius 1 is 1.16 bits per heavy atom. The summed E-state index contributed by atoms with van der Waals surface area (Å²) in [5, 5.41) is 15.0. The highest BCUT2D eigenvalue weighted by molar-refractivity contribution is 5.93. The second-order valence-electron chi connectivity index (χ2n) is 7.61. The summed E-state index contributed by atoms with van der Waals surface area (Å²) in [7, 11) is 0. The minimum atomic E-state index is -4.53. The van der Waals surface area contributed by atoms with Crippen LogP contribution < -0.4 is 5.32 Å². The first-order valence-electron chi connectivity index (χ1n) is 10.3. The van der Waals surface area contributed by atoms with Crippen molar-refractivity contribution in [1.82, 2.24) is 29.3 Å². The molecule has 166 valence electrons. The van der Waals surface area contributed by atoms with E-state index in [0.717, 1.165) is 12.1 Å². The van der Waals surface area contributed by atoms with Crippen molar-refractivity contribution in [2.45, 2.75) is 64.8 Å². The van der Waals surface area contributed by atoms with Crippen molar-refractivity contribution in [1.29, 1.82) is 0 Å². The molecule has 1 unspecified atom stereocenters. The second kappa shape index (κ2) is 8.20. The third-order valence-electron chi connectivity index (χ3n) is 5.47. The molecule has 0 saturated heterocycles. The molecule has 1 N–H and O–H groups in total. The maximum absolute atomic E-state index is 13.4. The van der Waals surface area contributed by atoms with Gasteiger partial charge < -0.3 is 5.32 Å². The van der Waals surface area contributed by atoms with Gasteiger partial charge >= 0.3 is 6.18 Å². The number of hydrogen-bond acceptors (Lipinski definition) is 4. The van der Waals surface area contributed by atoms with E-state index in [2.05, 4.69) is 20.6 Å². The normalized spacial score (nSPS) is 14.6. The number of aromatic nitrogens is 6. The summed E-state index contributed by atoms with van der Waals surface area (Å²) in [6.45, 7) is 5.02. The van der Waals surface area contributed by atoms with Crippen molar-refractivity contribution in [3.63, 3.8) is 0 Å². The fraction of sp³-hybridized carbons (Fsp3) is 0.500. The molecule has 0 fully saturated rings. The molecule has 3 heterocycles. The summed E-state index contributed by atoms with van der Waals surface area (Å²) < 4.78 is 44.9. The predicted molar refractivity (Wildman–Crippen MR) is 106 cm³/mol. The molecule has 3 aromatic rings. The minimum Gasteiger partial charge on any atom is -0.322 e. The Kier molecular flexibility index (Phi) is 5.59. The third-order valence-corrected chi connectivity index (χ3v) is 5.47. The molecule has 3 aromatic heterocycles. The number of nitrogens with zero attached hydrogens (tertiary/aromatic N) is 6. The van der Waals surface area contributed by atoms with Crippen LogP contribution in [0.2, 0.25) is 0 Å². The molecule has 0 bridgehead atoms. The second-order valence-corrected chi connectivity index (χ2v) is 7.61. The van der Waals surface area contributed by atoms with Gasteiger partial charge in [0.15, 0.2) is 5.69 Å². The van der Waals surface area contributed by atoms with Gasteiger partial charge in [0.05, 0.1) is 24.6 Å². The molecule has 0 aromatic carbocycles. The van der Waals surface area contributed by atoms with E-state index < -0.39 is 23.8 Å². The zero-order valence-electron chi connectivity index (χ0n) is 17.4. The summed E-state index contributed by atoms with van der Waals surface area (Å²) in [5.41, 5.74) is 1.32. The zero-order chi connectivity index (χ0) is 22.2. The largest absolute Gasteiger partial charge is 0.435 e. The number of anilines is 1. The molecule has 31 heavy (non-hydrogen) atoms. The number of rotatable bonds is 7.